The molecule has 10 heteroatoms. The molecule has 4 aromatic heterocycles. The maximum atomic E-state index is 14.1. The van der Waals surface area contributed by atoms with Crippen molar-refractivity contribution in [3.63, 3.8) is 0 Å². The van der Waals surface area contributed by atoms with Crippen LogP contribution in [-0.4, -0.2) is 64.2 Å². The Morgan fingerprint density at radius 3 is 1.46 bits per heavy atom. The van der Waals surface area contributed by atoms with Crippen LogP contribution in [0, 0.1) is 0 Å². The van der Waals surface area contributed by atoms with Crippen LogP contribution in [0.3, 0.4) is 0 Å². The third-order valence-corrected chi connectivity index (χ3v) is 9.58. The molecule has 0 unspecified atom stereocenters. The molecule has 7 rings (SSSR count). The summed E-state index contributed by atoms with van der Waals surface area (Å²) in [7, 11) is 0. The molecule has 0 aliphatic carbocycles. The average molecular weight is 718 g/mol. The van der Waals surface area contributed by atoms with Gasteiger partial charge < -0.3 is 10.0 Å². The number of benzene rings is 2. The molecule has 1 aliphatic rings. The lowest BCUT2D eigenvalue weighted by molar-refractivity contribution is -0.141. The summed E-state index contributed by atoms with van der Waals surface area (Å²) < 4.78 is 0. The maximum Gasteiger partial charge on any atom is 0.326 e. The van der Waals surface area contributed by atoms with E-state index in [0.717, 1.165) is 45.0 Å². The first-order valence-electron chi connectivity index (χ1n) is 18.3. The van der Waals surface area contributed by atoms with E-state index in [1.165, 1.54) is 4.90 Å². The number of carbonyl (C=O) groups excluding carboxylic acids is 1. The van der Waals surface area contributed by atoms with E-state index in [2.05, 4.69) is 47.9 Å². The molecule has 272 valence electrons. The van der Waals surface area contributed by atoms with Gasteiger partial charge in [0.2, 0.25) is 0 Å². The lowest BCUT2D eigenvalue weighted by atomic mass is 9.94. The van der Waals surface area contributed by atoms with Crippen molar-refractivity contribution < 1.29 is 14.7 Å². The van der Waals surface area contributed by atoms with Crippen molar-refractivity contribution in [1.29, 1.82) is 0 Å². The van der Waals surface area contributed by atoms with Gasteiger partial charge in [0.15, 0.2) is 0 Å². The van der Waals surface area contributed by atoms with Gasteiger partial charge in [-0.3, -0.25) is 34.5 Å². The van der Waals surface area contributed by atoms with Gasteiger partial charge in [0.05, 0.1) is 22.8 Å². The van der Waals surface area contributed by atoms with Crippen LogP contribution in [0.15, 0.2) is 140 Å². The SMILES string of the molecule is O=C(O)[C@@H]1CCCN1C(=O)c1ccccc1-c1cc(CN(Cc2ccccn2)Cc2ccccn2)cc(CN(Cc2ccccn2)Cc2ccccn2)c1. The Morgan fingerprint density at radius 1 is 0.593 bits per heavy atom. The van der Waals surface area contributed by atoms with E-state index in [1.807, 2.05) is 122 Å². The molecule has 2 aromatic carbocycles. The van der Waals surface area contributed by atoms with Crippen molar-refractivity contribution in [1.82, 2.24) is 34.6 Å². The average Bonchev–Trinajstić information content (AvgIpc) is 3.70. The molecule has 6 aromatic rings. The van der Waals surface area contributed by atoms with Crippen molar-refractivity contribution in [3.05, 3.63) is 180 Å². The topological polar surface area (TPSA) is 116 Å². The first-order chi connectivity index (χ1) is 26.5. The number of nitrogens with zero attached hydrogens (tertiary/aromatic N) is 7. The van der Waals surface area contributed by atoms with E-state index >= 15 is 0 Å². The van der Waals surface area contributed by atoms with Gasteiger partial charge in [0, 0.05) is 76.2 Å². The molecule has 5 heterocycles. The maximum absolute atomic E-state index is 14.1. The highest BCUT2D eigenvalue weighted by molar-refractivity contribution is 6.02. The fourth-order valence-corrected chi connectivity index (χ4v) is 7.18. The van der Waals surface area contributed by atoms with Crippen LogP contribution in [0.25, 0.3) is 11.1 Å². The molecule has 0 bridgehead atoms. The molecule has 1 N–H and O–H groups in total. The van der Waals surface area contributed by atoms with Crippen molar-refractivity contribution in [3.8, 4) is 11.1 Å². The summed E-state index contributed by atoms with van der Waals surface area (Å²) in [5.74, 6) is -1.23. The summed E-state index contributed by atoms with van der Waals surface area (Å²) in [4.78, 5) is 50.9. The molecular weight excluding hydrogens is 675 g/mol. The van der Waals surface area contributed by atoms with Crippen molar-refractivity contribution in [2.24, 2.45) is 0 Å². The Balaban J connectivity index is 1.28. The van der Waals surface area contributed by atoms with Crippen molar-refractivity contribution >= 4 is 11.9 Å². The molecule has 0 radical (unpaired) electrons. The second-order valence-electron chi connectivity index (χ2n) is 13.7. The van der Waals surface area contributed by atoms with Gasteiger partial charge in [0.25, 0.3) is 5.91 Å². The number of pyridine rings is 4. The number of carboxylic acid groups (broad SMARTS) is 1. The van der Waals surface area contributed by atoms with Crippen LogP contribution in [-0.2, 0) is 44.1 Å². The second kappa shape index (κ2) is 17.6. The first kappa shape index (κ1) is 36.3. The molecule has 0 spiro atoms. The minimum atomic E-state index is -0.968. The minimum Gasteiger partial charge on any atom is -0.480 e. The number of carboxylic acids is 1. The number of likely N-dealkylation sites (tertiary alicyclic amines) is 1. The second-order valence-corrected chi connectivity index (χ2v) is 13.7. The number of aliphatic carboxylic acids is 1. The Labute approximate surface area is 315 Å². The molecule has 1 saturated heterocycles. The Bertz CT molecular complexity index is 1950. The molecule has 1 amide bonds. The Hall–Kier alpha value is -6.10. The lowest BCUT2D eigenvalue weighted by Crippen LogP contribution is -2.40. The zero-order valence-electron chi connectivity index (χ0n) is 30.1. The number of hydrogen-bond donors (Lipinski definition) is 1. The third-order valence-electron chi connectivity index (χ3n) is 9.58. The quantitative estimate of drug-likeness (QED) is 0.120. The van der Waals surface area contributed by atoms with Crippen LogP contribution < -0.4 is 0 Å². The van der Waals surface area contributed by atoms with Crippen LogP contribution >= 0.6 is 0 Å². The predicted molar refractivity (Wildman–Crippen MR) is 206 cm³/mol. The van der Waals surface area contributed by atoms with Crippen LogP contribution in [0.2, 0.25) is 0 Å². The largest absolute Gasteiger partial charge is 0.480 e. The standard InChI is InChI=1S/C44H43N7O3/c52-43(51-23-11-18-42(51)44(53)54)41-17-2-1-16-40(41)35-25-33(27-49(29-36-12-3-7-19-45-36)30-37-13-4-8-20-46-37)24-34(26-35)28-50(31-38-14-5-9-21-47-38)32-39-15-6-10-22-48-39/h1-10,12-17,19-22,24-26,42H,11,18,23,27-32H2,(H,53,54)/t42-/m0/s1. The fraction of sp³-hybridized carbons (Fsp3) is 0.227. The summed E-state index contributed by atoms with van der Waals surface area (Å²) in [5, 5.41) is 9.91. The molecule has 10 nitrogen and oxygen atoms in total. The van der Waals surface area contributed by atoms with E-state index in [9.17, 15) is 14.7 Å². The first-order valence-corrected chi connectivity index (χ1v) is 18.3. The summed E-state index contributed by atoms with van der Waals surface area (Å²) in [6.45, 7) is 4.06. The zero-order valence-corrected chi connectivity index (χ0v) is 30.1. The summed E-state index contributed by atoms with van der Waals surface area (Å²) in [6, 6.07) is 37.1. The highest BCUT2D eigenvalue weighted by Crippen LogP contribution is 2.31. The number of hydrogen-bond acceptors (Lipinski definition) is 8. The minimum absolute atomic E-state index is 0.263. The van der Waals surface area contributed by atoms with E-state index < -0.39 is 12.0 Å². The summed E-state index contributed by atoms with van der Waals surface area (Å²) >= 11 is 0. The van der Waals surface area contributed by atoms with E-state index in [1.54, 1.807) is 0 Å². The normalized spacial score (nSPS) is 14.1. The Kier molecular flexibility index (Phi) is 11.8. The fourth-order valence-electron chi connectivity index (χ4n) is 7.18. The van der Waals surface area contributed by atoms with Gasteiger partial charge in [0.1, 0.15) is 6.04 Å². The van der Waals surface area contributed by atoms with Gasteiger partial charge in [-0.05, 0) is 102 Å². The third kappa shape index (κ3) is 9.46. The monoisotopic (exact) mass is 717 g/mol. The number of rotatable bonds is 15. The van der Waals surface area contributed by atoms with Gasteiger partial charge in [-0.25, -0.2) is 4.79 Å². The Morgan fingerprint density at radius 2 is 1.04 bits per heavy atom. The highest BCUT2D eigenvalue weighted by Gasteiger charge is 2.35. The van der Waals surface area contributed by atoms with Crippen LogP contribution in [0.5, 0.6) is 0 Å². The summed E-state index contributed by atoms with van der Waals surface area (Å²) in [5.41, 5.74) is 8.10. The van der Waals surface area contributed by atoms with Gasteiger partial charge in [-0.15, -0.1) is 0 Å². The predicted octanol–water partition coefficient (Wildman–Crippen LogP) is 7.03. The molecule has 1 atom stereocenters. The van der Waals surface area contributed by atoms with E-state index in [-0.39, 0.29) is 5.91 Å². The highest BCUT2D eigenvalue weighted by atomic mass is 16.4. The van der Waals surface area contributed by atoms with Gasteiger partial charge >= 0.3 is 5.97 Å². The lowest BCUT2D eigenvalue weighted by Gasteiger charge is -2.25. The van der Waals surface area contributed by atoms with Crippen molar-refractivity contribution in [2.75, 3.05) is 6.54 Å². The molecule has 1 aliphatic heterocycles. The van der Waals surface area contributed by atoms with Crippen LogP contribution in [0.4, 0.5) is 0 Å². The number of amides is 1. The smallest absolute Gasteiger partial charge is 0.326 e. The molecule has 1 fully saturated rings. The molecule has 0 saturated carbocycles. The van der Waals surface area contributed by atoms with Crippen molar-refractivity contribution in [2.45, 2.75) is 58.2 Å². The van der Waals surface area contributed by atoms with Gasteiger partial charge in [-0.2, -0.15) is 0 Å². The van der Waals surface area contributed by atoms with E-state index in [0.29, 0.717) is 64.2 Å². The molecular formula is C44H43N7O3. The van der Waals surface area contributed by atoms with Gasteiger partial charge in [-0.1, -0.05) is 48.5 Å². The summed E-state index contributed by atoms with van der Waals surface area (Å²) in [6.07, 6.45) is 8.37. The van der Waals surface area contributed by atoms with E-state index in [4.69, 9.17) is 0 Å². The number of aromatic nitrogens is 4. The molecule has 54 heavy (non-hydrogen) atoms. The van der Waals surface area contributed by atoms with Crippen LogP contribution in [0.1, 0.15) is 57.1 Å². The zero-order chi connectivity index (χ0) is 37.1. The number of carbonyl (C=O) groups is 2.